The summed E-state index contributed by atoms with van der Waals surface area (Å²) >= 11 is 3.59. The van der Waals surface area contributed by atoms with Gasteiger partial charge in [0, 0.05) is 20.5 Å². The predicted molar refractivity (Wildman–Crippen MR) is 166 cm³/mol. The molecule has 0 saturated heterocycles. The molecular weight excluding hydrogens is 623 g/mol. The zero-order valence-corrected chi connectivity index (χ0v) is 24.6. The van der Waals surface area contributed by atoms with Crippen LogP contribution in [0, 0.1) is 10.5 Å². The molecule has 1 amide bonds. The molecular formula is C29H29IN6O2S. The number of carbonyl (C=O) groups is 1. The van der Waals surface area contributed by atoms with Gasteiger partial charge in [0.2, 0.25) is 0 Å². The Labute approximate surface area is 245 Å². The summed E-state index contributed by atoms with van der Waals surface area (Å²) in [5, 5.41) is 26.8. The van der Waals surface area contributed by atoms with E-state index in [1.807, 2.05) is 47.0 Å². The van der Waals surface area contributed by atoms with Crippen molar-refractivity contribution in [3.8, 4) is 11.4 Å². The second kappa shape index (κ2) is 13.4. The van der Waals surface area contributed by atoms with E-state index in [-0.39, 0.29) is 11.7 Å². The van der Waals surface area contributed by atoms with Gasteiger partial charge in [-0.1, -0.05) is 48.2 Å². The molecule has 39 heavy (non-hydrogen) atoms. The number of phenols is 1. The highest BCUT2D eigenvalue weighted by molar-refractivity contribution is 14.1. The van der Waals surface area contributed by atoms with Gasteiger partial charge >= 0.3 is 0 Å². The average Bonchev–Trinajstić information content (AvgIpc) is 3.32. The molecule has 0 fully saturated rings. The van der Waals surface area contributed by atoms with Crippen molar-refractivity contribution in [3.63, 3.8) is 0 Å². The molecule has 1 atom stereocenters. The van der Waals surface area contributed by atoms with E-state index in [1.165, 1.54) is 21.5 Å². The summed E-state index contributed by atoms with van der Waals surface area (Å²) in [6.45, 7) is 8.02. The van der Waals surface area contributed by atoms with Gasteiger partial charge in [0.25, 0.3) is 5.91 Å². The molecule has 10 heteroatoms. The van der Waals surface area contributed by atoms with E-state index in [0.29, 0.717) is 23.7 Å². The van der Waals surface area contributed by atoms with Crippen LogP contribution in [0.1, 0.15) is 29.4 Å². The van der Waals surface area contributed by atoms with Crippen LogP contribution in [-0.2, 0) is 17.8 Å². The van der Waals surface area contributed by atoms with Gasteiger partial charge in [-0.15, -0.1) is 16.8 Å². The van der Waals surface area contributed by atoms with Crippen LogP contribution in [-0.4, -0.2) is 37.2 Å². The number of hydrazone groups is 1. The van der Waals surface area contributed by atoms with E-state index in [2.05, 4.69) is 80.3 Å². The third-order valence-corrected chi connectivity index (χ3v) is 7.60. The summed E-state index contributed by atoms with van der Waals surface area (Å²) in [7, 11) is 0. The maximum Gasteiger partial charge on any atom is 0.253 e. The summed E-state index contributed by atoms with van der Waals surface area (Å²) in [5.74, 6) is 0.548. The van der Waals surface area contributed by atoms with Crippen LogP contribution in [0.5, 0.6) is 5.75 Å². The topological polar surface area (TPSA) is 104 Å². The number of aromatic nitrogens is 3. The zero-order valence-electron chi connectivity index (χ0n) is 21.6. The van der Waals surface area contributed by atoms with Crippen molar-refractivity contribution in [2.45, 2.75) is 37.2 Å². The number of nitrogens with zero attached hydrogens (tertiary/aromatic N) is 4. The highest BCUT2D eigenvalue weighted by Crippen LogP contribution is 2.27. The normalized spacial score (nSPS) is 11.9. The van der Waals surface area contributed by atoms with Crippen molar-refractivity contribution in [2.75, 3.05) is 5.32 Å². The molecule has 0 radical (unpaired) electrons. The maximum atomic E-state index is 12.8. The largest absolute Gasteiger partial charge is 0.507 e. The number of phenolic OH excluding ortho intramolecular Hbond substituents is 1. The van der Waals surface area contributed by atoms with Gasteiger partial charge in [-0.25, -0.2) is 5.43 Å². The van der Waals surface area contributed by atoms with Crippen molar-refractivity contribution < 1.29 is 9.90 Å². The molecule has 8 nitrogen and oxygen atoms in total. The molecule has 0 aliphatic heterocycles. The molecule has 4 aromatic rings. The lowest BCUT2D eigenvalue weighted by molar-refractivity contribution is -0.120. The van der Waals surface area contributed by atoms with Gasteiger partial charge in [0.05, 0.1) is 18.0 Å². The van der Waals surface area contributed by atoms with Crippen LogP contribution in [0.25, 0.3) is 5.69 Å². The molecule has 1 heterocycles. The Morgan fingerprint density at radius 1 is 1.18 bits per heavy atom. The molecule has 0 aliphatic carbocycles. The minimum atomic E-state index is -0.506. The Bertz CT molecular complexity index is 1490. The van der Waals surface area contributed by atoms with Crippen molar-refractivity contribution in [1.29, 1.82) is 0 Å². The van der Waals surface area contributed by atoms with E-state index >= 15 is 0 Å². The highest BCUT2D eigenvalue weighted by Gasteiger charge is 2.21. The van der Waals surface area contributed by atoms with Crippen molar-refractivity contribution in [3.05, 3.63) is 105 Å². The number of thioether (sulfide) groups is 1. The number of nitrogens with one attached hydrogen (secondary N) is 2. The molecule has 3 N–H and O–H groups in total. The smallest absolute Gasteiger partial charge is 0.253 e. The van der Waals surface area contributed by atoms with E-state index in [9.17, 15) is 9.90 Å². The first-order chi connectivity index (χ1) is 18.9. The average molecular weight is 653 g/mol. The molecule has 1 aromatic heterocycles. The Kier molecular flexibility index (Phi) is 9.77. The number of hydrogen-bond acceptors (Lipinski definition) is 7. The lowest BCUT2D eigenvalue weighted by atomic mass is 10.1. The molecule has 0 spiro atoms. The number of amides is 1. The van der Waals surface area contributed by atoms with E-state index in [0.717, 1.165) is 28.3 Å². The summed E-state index contributed by atoms with van der Waals surface area (Å²) < 4.78 is 3.13. The monoisotopic (exact) mass is 652 g/mol. The number of hydrogen-bond donors (Lipinski definition) is 3. The quantitative estimate of drug-likeness (QED) is 0.0617. The molecule has 200 valence electrons. The van der Waals surface area contributed by atoms with Gasteiger partial charge in [0.1, 0.15) is 5.75 Å². The fraction of sp³-hybridized carbons (Fsp3) is 0.172. The third kappa shape index (κ3) is 7.27. The number of benzene rings is 3. The van der Waals surface area contributed by atoms with E-state index in [1.54, 1.807) is 19.1 Å². The third-order valence-electron chi connectivity index (χ3n) is 5.89. The number of anilines is 1. The van der Waals surface area contributed by atoms with Crippen LogP contribution in [0.2, 0.25) is 0 Å². The number of allylic oxidation sites excluding steroid dienone is 1. The Morgan fingerprint density at radius 2 is 1.97 bits per heavy atom. The molecule has 0 aliphatic rings. The van der Waals surface area contributed by atoms with Crippen LogP contribution < -0.4 is 10.7 Å². The molecule has 0 bridgehead atoms. The molecule has 4 rings (SSSR count). The number of carbonyl (C=O) groups excluding carboxylic acids is 1. The lowest BCUT2D eigenvalue weighted by Crippen LogP contribution is -2.27. The first-order valence-electron chi connectivity index (χ1n) is 12.3. The van der Waals surface area contributed by atoms with Crippen molar-refractivity contribution >= 4 is 52.2 Å². The second-order valence-corrected chi connectivity index (χ2v) is 11.3. The highest BCUT2D eigenvalue weighted by atomic mass is 127. The lowest BCUT2D eigenvalue weighted by Gasteiger charge is -2.14. The standard InChI is InChI=1S/C29H29IN6O2S/c1-4-9-21-10-8-11-22(27(21)37)17-32-34-28(38)20(3)39-29-35-33-26(36(29)24-12-6-5-7-13-24)18-31-25-15-14-23(30)16-19(25)2/h4-8,10-17,20,31,37H,1,9,18H2,2-3H3,(H,34,38). The Balaban J connectivity index is 1.47. The maximum absolute atomic E-state index is 12.8. The molecule has 3 aromatic carbocycles. The summed E-state index contributed by atoms with van der Waals surface area (Å²) in [4.78, 5) is 12.8. The minimum absolute atomic E-state index is 0.121. The van der Waals surface area contributed by atoms with Crippen LogP contribution in [0.4, 0.5) is 5.69 Å². The van der Waals surface area contributed by atoms with Crippen LogP contribution >= 0.6 is 34.4 Å². The van der Waals surface area contributed by atoms with Gasteiger partial charge in [0.15, 0.2) is 11.0 Å². The zero-order chi connectivity index (χ0) is 27.8. The van der Waals surface area contributed by atoms with Crippen molar-refractivity contribution in [1.82, 2.24) is 20.2 Å². The van der Waals surface area contributed by atoms with Gasteiger partial charge in [-0.05, 0) is 90.4 Å². The number of rotatable bonds is 11. The van der Waals surface area contributed by atoms with Crippen LogP contribution in [0.3, 0.4) is 0 Å². The SMILES string of the molecule is C=CCc1cccc(C=NNC(=O)C(C)Sc2nnc(CNc3ccc(I)cc3C)n2-c2ccccc2)c1O. The number of halogens is 1. The summed E-state index contributed by atoms with van der Waals surface area (Å²) in [6, 6.07) is 21.4. The van der Waals surface area contributed by atoms with Gasteiger partial charge < -0.3 is 10.4 Å². The number of aryl methyl sites for hydroxylation is 1. The second-order valence-electron chi connectivity index (χ2n) is 8.72. The fourth-order valence-electron chi connectivity index (χ4n) is 3.83. The van der Waals surface area contributed by atoms with Crippen LogP contribution in [0.15, 0.2) is 89.6 Å². The van der Waals surface area contributed by atoms with Crippen molar-refractivity contribution in [2.24, 2.45) is 5.10 Å². The number of para-hydroxylation sites is 2. The first-order valence-corrected chi connectivity index (χ1v) is 14.2. The minimum Gasteiger partial charge on any atom is -0.507 e. The number of aromatic hydroxyl groups is 1. The van der Waals surface area contributed by atoms with E-state index < -0.39 is 5.25 Å². The fourth-order valence-corrected chi connectivity index (χ4v) is 5.36. The Hall–Kier alpha value is -3.64. The summed E-state index contributed by atoms with van der Waals surface area (Å²) in [6.07, 6.45) is 3.69. The predicted octanol–water partition coefficient (Wildman–Crippen LogP) is 5.86. The molecule has 1 unspecified atom stereocenters. The summed E-state index contributed by atoms with van der Waals surface area (Å²) in [5.41, 5.74) is 6.90. The van der Waals surface area contributed by atoms with Gasteiger partial charge in [-0.3, -0.25) is 9.36 Å². The van der Waals surface area contributed by atoms with Gasteiger partial charge in [-0.2, -0.15) is 5.10 Å². The molecule has 0 saturated carbocycles. The Morgan fingerprint density at radius 3 is 2.72 bits per heavy atom. The first kappa shape index (κ1) is 28.4. The van der Waals surface area contributed by atoms with E-state index in [4.69, 9.17) is 0 Å².